The zero-order valence-corrected chi connectivity index (χ0v) is 14.6. The van der Waals surface area contributed by atoms with Crippen LogP contribution < -0.4 is 0 Å². The lowest BCUT2D eigenvalue weighted by Gasteiger charge is -2.34. The van der Waals surface area contributed by atoms with Gasteiger partial charge in [0.05, 0.1) is 31.0 Å². The van der Waals surface area contributed by atoms with Crippen molar-refractivity contribution in [1.29, 1.82) is 0 Å². The quantitative estimate of drug-likeness (QED) is 0.837. The summed E-state index contributed by atoms with van der Waals surface area (Å²) in [6, 6.07) is 0. The van der Waals surface area contributed by atoms with E-state index in [1.165, 1.54) is 12.8 Å². The van der Waals surface area contributed by atoms with Crippen LogP contribution in [0.5, 0.6) is 0 Å². The molecule has 0 bridgehead atoms. The molecule has 2 saturated heterocycles. The van der Waals surface area contributed by atoms with E-state index in [-0.39, 0.29) is 12.5 Å². The van der Waals surface area contributed by atoms with Crippen molar-refractivity contribution in [1.82, 2.24) is 19.6 Å². The van der Waals surface area contributed by atoms with E-state index in [2.05, 4.69) is 10.00 Å². The highest BCUT2D eigenvalue weighted by atomic mass is 35.5. The van der Waals surface area contributed by atoms with Gasteiger partial charge in [0, 0.05) is 32.3 Å². The number of aryl methyl sites for hydroxylation is 1. The van der Waals surface area contributed by atoms with Crippen molar-refractivity contribution < 1.29 is 14.6 Å². The third-order valence-corrected chi connectivity index (χ3v) is 4.78. The van der Waals surface area contributed by atoms with Gasteiger partial charge in [-0.1, -0.05) is 11.6 Å². The third kappa shape index (κ3) is 4.69. The van der Waals surface area contributed by atoms with Gasteiger partial charge in [0.25, 0.3) is 0 Å². The molecule has 8 heteroatoms. The summed E-state index contributed by atoms with van der Waals surface area (Å²) in [5.74, 6) is 0.00645. The molecule has 0 spiro atoms. The standard InChI is InChI=1S/C16H25ClN4O3/c17-14-9-18-21(10-14)6-3-15(22)20-7-8-24-13-16(23,12-20)11-19-4-1-2-5-19/h9-10,23H,1-8,11-13H2/t16-/m1/s1. The average molecular weight is 357 g/mol. The number of β-amino-alcohol motifs (C(OH)–C–C–N with tert-alkyl or cyclic N) is 1. The second kappa shape index (κ2) is 7.82. The Labute approximate surface area is 147 Å². The van der Waals surface area contributed by atoms with E-state index in [1.807, 2.05) is 0 Å². The number of nitrogens with zero attached hydrogens (tertiary/aromatic N) is 4. The van der Waals surface area contributed by atoms with Gasteiger partial charge in [-0.2, -0.15) is 5.10 Å². The lowest BCUT2D eigenvalue weighted by Crippen LogP contribution is -2.53. The SMILES string of the molecule is O=C(CCn1cc(Cl)cn1)N1CCOC[C@@](O)(CN2CCCC2)C1. The number of ether oxygens (including phenoxy) is 1. The van der Waals surface area contributed by atoms with Crippen molar-refractivity contribution in [3.63, 3.8) is 0 Å². The summed E-state index contributed by atoms with van der Waals surface area (Å²) in [5, 5.41) is 15.6. The zero-order chi connectivity index (χ0) is 17.0. The highest BCUT2D eigenvalue weighted by Gasteiger charge is 2.36. The van der Waals surface area contributed by atoms with E-state index >= 15 is 0 Å². The molecule has 0 aliphatic carbocycles. The van der Waals surface area contributed by atoms with Gasteiger partial charge >= 0.3 is 0 Å². The molecular weight excluding hydrogens is 332 g/mol. The summed E-state index contributed by atoms with van der Waals surface area (Å²) >= 11 is 5.83. The second-order valence-electron chi connectivity index (χ2n) is 6.75. The van der Waals surface area contributed by atoms with Crippen LogP contribution in [0.4, 0.5) is 0 Å². The molecule has 2 fully saturated rings. The molecule has 0 radical (unpaired) electrons. The number of amides is 1. The van der Waals surface area contributed by atoms with E-state index in [4.69, 9.17) is 16.3 Å². The Morgan fingerprint density at radius 3 is 2.88 bits per heavy atom. The van der Waals surface area contributed by atoms with E-state index < -0.39 is 5.60 Å². The molecule has 0 unspecified atom stereocenters. The number of aromatic nitrogens is 2. The summed E-state index contributed by atoms with van der Waals surface area (Å²) in [4.78, 5) is 16.5. The van der Waals surface area contributed by atoms with Crippen molar-refractivity contribution in [3.05, 3.63) is 17.4 Å². The minimum absolute atomic E-state index is 0.00645. The molecule has 3 rings (SSSR count). The Bertz CT molecular complexity index is 561. The van der Waals surface area contributed by atoms with Crippen molar-refractivity contribution in [3.8, 4) is 0 Å². The molecule has 3 heterocycles. The van der Waals surface area contributed by atoms with Gasteiger partial charge in [-0.3, -0.25) is 9.48 Å². The molecule has 1 atom stereocenters. The molecule has 0 saturated carbocycles. The normalized spacial score (nSPS) is 25.8. The molecule has 1 N–H and O–H groups in total. The Kier molecular flexibility index (Phi) is 5.76. The molecule has 2 aliphatic heterocycles. The van der Waals surface area contributed by atoms with E-state index in [0.29, 0.717) is 44.2 Å². The van der Waals surface area contributed by atoms with E-state index in [0.717, 1.165) is 13.1 Å². The van der Waals surface area contributed by atoms with Crippen LogP contribution in [-0.2, 0) is 16.1 Å². The molecule has 1 amide bonds. The van der Waals surface area contributed by atoms with Gasteiger partial charge in [-0.05, 0) is 25.9 Å². The molecule has 134 valence electrons. The van der Waals surface area contributed by atoms with Crippen molar-refractivity contribution in [2.24, 2.45) is 0 Å². The zero-order valence-electron chi connectivity index (χ0n) is 13.9. The Morgan fingerprint density at radius 2 is 2.17 bits per heavy atom. The predicted octanol–water partition coefficient (Wildman–Crippen LogP) is 0.612. The molecule has 2 aliphatic rings. The van der Waals surface area contributed by atoms with E-state index in [9.17, 15) is 9.90 Å². The van der Waals surface area contributed by atoms with Crippen molar-refractivity contribution in [2.75, 3.05) is 45.9 Å². The molecular formula is C16H25ClN4O3. The second-order valence-corrected chi connectivity index (χ2v) is 7.18. The molecule has 24 heavy (non-hydrogen) atoms. The summed E-state index contributed by atoms with van der Waals surface area (Å²) in [5.41, 5.74) is -0.995. The number of carbonyl (C=O) groups excluding carboxylic acids is 1. The van der Waals surface area contributed by atoms with Crippen LogP contribution >= 0.6 is 11.6 Å². The number of hydrogen-bond acceptors (Lipinski definition) is 5. The lowest BCUT2D eigenvalue weighted by atomic mass is 10.0. The molecule has 1 aromatic heterocycles. The first-order chi connectivity index (χ1) is 11.5. The Hall–Kier alpha value is -1.15. The minimum atomic E-state index is -0.995. The fourth-order valence-electron chi connectivity index (χ4n) is 3.41. The van der Waals surface area contributed by atoms with Crippen LogP contribution in [-0.4, -0.2) is 82.1 Å². The van der Waals surface area contributed by atoms with Gasteiger partial charge in [0.2, 0.25) is 5.91 Å². The van der Waals surface area contributed by atoms with Crippen molar-refractivity contribution in [2.45, 2.75) is 31.4 Å². The average Bonchev–Trinajstić information content (AvgIpc) is 3.15. The maximum absolute atomic E-state index is 12.5. The fourth-order valence-corrected chi connectivity index (χ4v) is 3.57. The number of hydrogen-bond donors (Lipinski definition) is 1. The molecule has 0 aromatic carbocycles. The van der Waals surface area contributed by atoms with Crippen LogP contribution in [0, 0.1) is 0 Å². The summed E-state index contributed by atoms with van der Waals surface area (Å²) in [7, 11) is 0. The van der Waals surface area contributed by atoms with Gasteiger partial charge in [-0.25, -0.2) is 0 Å². The van der Waals surface area contributed by atoms with Gasteiger partial charge in [0.15, 0.2) is 0 Å². The number of likely N-dealkylation sites (tertiary alicyclic amines) is 1. The van der Waals surface area contributed by atoms with Crippen LogP contribution in [0.25, 0.3) is 0 Å². The number of carbonyl (C=O) groups is 1. The highest BCUT2D eigenvalue weighted by molar-refractivity contribution is 6.30. The first-order valence-corrected chi connectivity index (χ1v) is 8.90. The lowest BCUT2D eigenvalue weighted by molar-refractivity contribution is -0.134. The first-order valence-electron chi connectivity index (χ1n) is 8.52. The van der Waals surface area contributed by atoms with Gasteiger partial charge < -0.3 is 19.6 Å². The topological polar surface area (TPSA) is 70.8 Å². The predicted molar refractivity (Wildman–Crippen MR) is 89.9 cm³/mol. The largest absolute Gasteiger partial charge is 0.384 e. The van der Waals surface area contributed by atoms with Crippen molar-refractivity contribution >= 4 is 17.5 Å². The van der Waals surface area contributed by atoms with Crippen LogP contribution in [0.15, 0.2) is 12.4 Å². The molecule has 7 nitrogen and oxygen atoms in total. The third-order valence-electron chi connectivity index (χ3n) is 4.59. The number of halogens is 1. The summed E-state index contributed by atoms with van der Waals surface area (Å²) < 4.78 is 7.22. The first kappa shape index (κ1) is 17.7. The number of rotatable bonds is 5. The Morgan fingerprint density at radius 1 is 1.38 bits per heavy atom. The van der Waals surface area contributed by atoms with Gasteiger partial charge in [0.1, 0.15) is 5.60 Å². The minimum Gasteiger partial charge on any atom is -0.384 e. The smallest absolute Gasteiger partial charge is 0.224 e. The van der Waals surface area contributed by atoms with Crippen LogP contribution in [0.3, 0.4) is 0 Å². The fraction of sp³-hybridized carbons (Fsp3) is 0.750. The Balaban J connectivity index is 1.55. The summed E-state index contributed by atoms with van der Waals surface area (Å²) in [6.45, 7) is 4.64. The van der Waals surface area contributed by atoms with E-state index in [1.54, 1.807) is 22.0 Å². The highest BCUT2D eigenvalue weighted by Crippen LogP contribution is 2.18. The maximum Gasteiger partial charge on any atom is 0.224 e. The summed E-state index contributed by atoms with van der Waals surface area (Å²) in [6.07, 6.45) is 5.93. The van der Waals surface area contributed by atoms with Crippen LogP contribution in [0.2, 0.25) is 5.02 Å². The monoisotopic (exact) mass is 356 g/mol. The molecule has 1 aromatic rings. The number of aliphatic hydroxyl groups is 1. The van der Waals surface area contributed by atoms with Gasteiger partial charge in [-0.15, -0.1) is 0 Å². The maximum atomic E-state index is 12.5. The van der Waals surface area contributed by atoms with Crippen LogP contribution in [0.1, 0.15) is 19.3 Å².